The molecule has 0 bridgehead atoms. The van der Waals surface area contributed by atoms with Crippen molar-refractivity contribution in [3.05, 3.63) is 52.4 Å². The molecule has 0 spiro atoms. The van der Waals surface area contributed by atoms with Gasteiger partial charge in [0.1, 0.15) is 16.7 Å². The molecule has 1 aromatic carbocycles. The summed E-state index contributed by atoms with van der Waals surface area (Å²) in [6.07, 6.45) is -10.2. The molecular weight excluding hydrogens is 748 g/mol. The summed E-state index contributed by atoms with van der Waals surface area (Å²) < 4.78 is 121. The molecule has 1 atom stereocenters. The van der Waals surface area contributed by atoms with E-state index in [0.29, 0.717) is 4.68 Å². The van der Waals surface area contributed by atoms with Crippen LogP contribution in [0.1, 0.15) is 75.5 Å². The lowest BCUT2D eigenvalue weighted by Gasteiger charge is -2.28. The number of halogens is 9. The van der Waals surface area contributed by atoms with E-state index >= 15 is 0 Å². The first-order chi connectivity index (χ1) is 24.2. The minimum absolute atomic E-state index is 0.0320. The summed E-state index contributed by atoms with van der Waals surface area (Å²) in [5.74, 6) is -10.8. The zero-order valence-corrected chi connectivity index (χ0v) is 29.8. The Bertz CT molecular complexity index is 1940. The topological polar surface area (TPSA) is 132 Å². The number of nitriles is 1. The Kier molecular flexibility index (Phi) is 11.0. The van der Waals surface area contributed by atoms with E-state index in [1.807, 2.05) is 6.07 Å². The normalized spacial score (nSPS) is 15.2. The van der Waals surface area contributed by atoms with Crippen molar-refractivity contribution < 1.29 is 59.0 Å². The highest BCUT2D eigenvalue weighted by Crippen LogP contribution is 2.49. The van der Waals surface area contributed by atoms with Gasteiger partial charge >= 0.3 is 30.2 Å². The Morgan fingerprint density at radius 1 is 1.06 bits per heavy atom. The molecule has 3 aromatic rings. The van der Waals surface area contributed by atoms with Crippen molar-refractivity contribution in [2.24, 2.45) is 18.9 Å². The maximum Gasteiger partial charge on any atom is 0.459 e. The molecule has 2 heterocycles. The number of benzene rings is 1. The maximum absolute atomic E-state index is 14.2. The monoisotopic (exact) mass is 780 g/mol. The van der Waals surface area contributed by atoms with Crippen LogP contribution >= 0.6 is 11.6 Å². The third-order valence-electron chi connectivity index (χ3n) is 8.23. The van der Waals surface area contributed by atoms with Gasteiger partial charge in [-0.05, 0) is 57.2 Å². The molecule has 0 saturated heterocycles. The van der Waals surface area contributed by atoms with E-state index < -0.39 is 83.4 Å². The summed E-state index contributed by atoms with van der Waals surface area (Å²) in [7, 11) is 0.728. The Balaban J connectivity index is 1.65. The van der Waals surface area contributed by atoms with Crippen molar-refractivity contribution in [3.63, 3.8) is 0 Å². The standard InChI is InChI=1S/C33H33ClF8N6O5/c1-17(2)20(28(51)53-29(3,4)5)12-23(49)52-16-47(30(15-43)9-10-30)27(50)21-11-18(7-8-22(21)34)19-13-44-48(14-19)26-24(32(37,38)39)25(45-46(26)6)31(35,36)33(40,41)42/h7-8,11,13-14,17,20H,9-10,12,16H2,1-6H3. The Labute approximate surface area is 302 Å². The number of carbonyl (C=O) groups is 3. The second kappa shape index (κ2) is 14.3. The lowest BCUT2D eigenvalue weighted by atomic mass is 9.92. The van der Waals surface area contributed by atoms with Crippen molar-refractivity contribution in [1.29, 1.82) is 5.26 Å². The second-order valence-corrected chi connectivity index (χ2v) is 14.1. The first kappa shape index (κ1) is 41.0. The van der Waals surface area contributed by atoms with Crippen LogP contribution in [0.3, 0.4) is 0 Å². The molecule has 4 rings (SSSR count). The molecule has 1 amide bonds. The highest BCUT2D eigenvalue weighted by atomic mass is 35.5. The largest absolute Gasteiger partial charge is 0.460 e. The Morgan fingerprint density at radius 3 is 2.19 bits per heavy atom. The Morgan fingerprint density at radius 2 is 1.68 bits per heavy atom. The van der Waals surface area contributed by atoms with Crippen LogP contribution in [0.15, 0.2) is 30.6 Å². The van der Waals surface area contributed by atoms with Gasteiger partial charge in [-0.3, -0.25) is 19.3 Å². The van der Waals surface area contributed by atoms with Gasteiger partial charge in [-0.15, -0.1) is 0 Å². The summed E-state index contributed by atoms with van der Waals surface area (Å²) in [5.41, 5.74) is -7.33. The lowest BCUT2D eigenvalue weighted by Crippen LogP contribution is -2.44. The highest BCUT2D eigenvalue weighted by Gasteiger charge is 2.64. The van der Waals surface area contributed by atoms with E-state index in [4.69, 9.17) is 21.1 Å². The molecular formula is C33H33ClF8N6O5. The lowest BCUT2D eigenvalue weighted by molar-refractivity contribution is -0.292. The molecule has 1 fully saturated rings. The minimum atomic E-state index is -6.40. The van der Waals surface area contributed by atoms with Crippen molar-refractivity contribution in [1.82, 2.24) is 24.5 Å². The molecule has 1 aliphatic rings. The average molecular weight is 781 g/mol. The third-order valence-corrected chi connectivity index (χ3v) is 8.56. The van der Waals surface area contributed by atoms with Gasteiger partial charge in [0.25, 0.3) is 5.91 Å². The van der Waals surface area contributed by atoms with Crippen LogP contribution in [-0.2, 0) is 38.2 Å². The molecule has 1 aliphatic carbocycles. The molecule has 2 aromatic heterocycles. The van der Waals surface area contributed by atoms with Crippen LogP contribution in [-0.4, -0.2) is 66.4 Å². The van der Waals surface area contributed by atoms with E-state index in [1.165, 1.54) is 18.2 Å². The summed E-state index contributed by atoms with van der Waals surface area (Å²) >= 11 is 6.36. The molecule has 1 unspecified atom stereocenters. The molecule has 20 heteroatoms. The van der Waals surface area contributed by atoms with E-state index in [-0.39, 0.29) is 45.2 Å². The number of ether oxygens (including phenoxy) is 2. The number of hydrogen-bond donors (Lipinski definition) is 0. The fraction of sp³-hybridized carbons (Fsp3) is 0.515. The smallest absolute Gasteiger partial charge is 0.459 e. The Hall–Kier alpha value is -4.73. The predicted molar refractivity (Wildman–Crippen MR) is 169 cm³/mol. The highest BCUT2D eigenvalue weighted by molar-refractivity contribution is 6.34. The molecule has 0 radical (unpaired) electrons. The fourth-order valence-corrected chi connectivity index (χ4v) is 5.47. The van der Waals surface area contributed by atoms with Gasteiger partial charge in [0.2, 0.25) is 0 Å². The van der Waals surface area contributed by atoms with Crippen LogP contribution in [0.4, 0.5) is 35.1 Å². The van der Waals surface area contributed by atoms with Crippen LogP contribution < -0.4 is 0 Å². The zero-order chi connectivity index (χ0) is 40.1. The molecule has 11 nitrogen and oxygen atoms in total. The van der Waals surface area contributed by atoms with E-state index in [9.17, 15) is 54.8 Å². The van der Waals surface area contributed by atoms with E-state index in [0.717, 1.165) is 24.3 Å². The van der Waals surface area contributed by atoms with Gasteiger partial charge in [-0.1, -0.05) is 31.5 Å². The SMILES string of the molecule is CC(C)C(CC(=O)OCN(C(=O)c1cc(-c2cnn(-c3c(C(F)(F)F)c(C(F)(F)C(F)(F)F)nn3C)c2)ccc1Cl)C1(C#N)CC1)C(=O)OC(C)(C)C. The molecule has 53 heavy (non-hydrogen) atoms. The average Bonchev–Trinajstić information content (AvgIpc) is 3.49. The van der Waals surface area contributed by atoms with Gasteiger partial charge in [-0.2, -0.15) is 50.6 Å². The van der Waals surface area contributed by atoms with Gasteiger partial charge in [-0.25, -0.2) is 9.36 Å². The number of amides is 1. The van der Waals surface area contributed by atoms with Gasteiger partial charge < -0.3 is 9.47 Å². The molecule has 288 valence electrons. The van der Waals surface area contributed by atoms with Crippen LogP contribution in [0, 0.1) is 23.2 Å². The van der Waals surface area contributed by atoms with Gasteiger partial charge in [0.15, 0.2) is 18.2 Å². The van der Waals surface area contributed by atoms with Crippen LogP contribution in [0.5, 0.6) is 0 Å². The number of hydrogen-bond acceptors (Lipinski definition) is 8. The maximum atomic E-state index is 14.2. The minimum Gasteiger partial charge on any atom is -0.460 e. The predicted octanol–water partition coefficient (Wildman–Crippen LogP) is 7.60. The number of carbonyl (C=O) groups excluding carboxylic acids is 3. The number of alkyl halides is 8. The number of rotatable bonds is 11. The zero-order valence-electron chi connectivity index (χ0n) is 29.0. The van der Waals surface area contributed by atoms with Crippen molar-refractivity contribution in [3.8, 4) is 23.0 Å². The number of aryl methyl sites for hydroxylation is 1. The molecule has 1 saturated carbocycles. The summed E-state index contributed by atoms with van der Waals surface area (Å²) in [4.78, 5) is 40.5. The molecule has 0 N–H and O–H groups in total. The van der Waals surface area contributed by atoms with Crippen molar-refractivity contribution >= 4 is 29.4 Å². The van der Waals surface area contributed by atoms with Gasteiger partial charge in [0.05, 0.1) is 35.2 Å². The second-order valence-electron chi connectivity index (χ2n) is 13.7. The van der Waals surface area contributed by atoms with Crippen molar-refractivity contribution in [2.45, 2.75) is 83.3 Å². The van der Waals surface area contributed by atoms with Crippen LogP contribution in [0.2, 0.25) is 5.02 Å². The first-order valence-electron chi connectivity index (χ1n) is 15.8. The molecule has 0 aliphatic heterocycles. The summed E-state index contributed by atoms with van der Waals surface area (Å²) in [6.45, 7) is 7.70. The summed E-state index contributed by atoms with van der Waals surface area (Å²) in [6, 6.07) is 5.76. The van der Waals surface area contributed by atoms with Crippen molar-refractivity contribution in [2.75, 3.05) is 6.73 Å². The number of esters is 2. The summed E-state index contributed by atoms with van der Waals surface area (Å²) in [5, 5.41) is 16.4. The van der Waals surface area contributed by atoms with E-state index in [2.05, 4.69) is 10.2 Å². The number of nitrogens with zero attached hydrogens (tertiary/aromatic N) is 6. The van der Waals surface area contributed by atoms with E-state index in [1.54, 1.807) is 34.6 Å². The fourth-order valence-electron chi connectivity index (χ4n) is 5.28. The first-order valence-corrected chi connectivity index (χ1v) is 16.2. The third kappa shape index (κ3) is 8.58. The van der Waals surface area contributed by atoms with Crippen LogP contribution in [0.25, 0.3) is 16.9 Å². The quantitative estimate of drug-likeness (QED) is 0.110. The van der Waals surface area contributed by atoms with Gasteiger partial charge in [0, 0.05) is 18.8 Å². The number of aromatic nitrogens is 4.